The van der Waals surface area contributed by atoms with Gasteiger partial charge in [-0.15, -0.1) is 12.4 Å². The molecule has 2 rings (SSSR count). The number of nitrogens with zero attached hydrogens (tertiary/aromatic N) is 1. The first kappa shape index (κ1) is 16.3. The van der Waals surface area contributed by atoms with Crippen LogP contribution in [0.15, 0.2) is 30.3 Å². The van der Waals surface area contributed by atoms with E-state index in [1.807, 2.05) is 37.4 Å². The second-order valence-electron chi connectivity index (χ2n) is 5.03. The molecule has 108 valence electrons. The van der Waals surface area contributed by atoms with Crippen molar-refractivity contribution in [1.82, 2.24) is 10.2 Å². The fourth-order valence-electron chi connectivity index (χ4n) is 2.62. The summed E-state index contributed by atoms with van der Waals surface area (Å²) in [6, 6.07) is 10.1. The Kier molecular flexibility index (Phi) is 7.87. The lowest BCUT2D eigenvalue weighted by Gasteiger charge is -2.32. The number of likely N-dealkylation sites (tertiary alicyclic amines) is 1. The number of para-hydroxylation sites is 1. The maximum atomic E-state index is 5.75. The van der Waals surface area contributed by atoms with Gasteiger partial charge in [0.25, 0.3) is 0 Å². The van der Waals surface area contributed by atoms with Crippen molar-refractivity contribution in [2.45, 2.75) is 12.8 Å². The standard InChI is InChI=1S/C15H24N2O.ClH/c1-16-12-14-6-5-9-17(13-14)10-11-18-15-7-3-2-4-8-15;/h2-4,7-8,14,16H,5-6,9-13H2,1H3;1H. The third kappa shape index (κ3) is 5.81. The summed E-state index contributed by atoms with van der Waals surface area (Å²) >= 11 is 0. The number of nitrogens with one attached hydrogen (secondary N) is 1. The molecule has 0 spiro atoms. The average molecular weight is 285 g/mol. The highest BCUT2D eigenvalue weighted by Gasteiger charge is 2.18. The van der Waals surface area contributed by atoms with Crippen molar-refractivity contribution in [3.8, 4) is 5.75 Å². The van der Waals surface area contributed by atoms with E-state index in [-0.39, 0.29) is 12.4 Å². The Morgan fingerprint density at radius 3 is 2.84 bits per heavy atom. The fourth-order valence-corrected chi connectivity index (χ4v) is 2.62. The highest BCUT2D eigenvalue weighted by Crippen LogP contribution is 2.15. The summed E-state index contributed by atoms with van der Waals surface area (Å²) in [4.78, 5) is 2.52. The van der Waals surface area contributed by atoms with Gasteiger partial charge in [-0.05, 0) is 51.0 Å². The van der Waals surface area contributed by atoms with Gasteiger partial charge in [0.1, 0.15) is 12.4 Å². The first-order valence-corrected chi connectivity index (χ1v) is 6.93. The van der Waals surface area contributed by atoms with Crippen LogP contribution in [0.3, 0.4) is 0 Å². The molecular formula is C15H25ClN2O. The maximum Gasteiger partial charge on any atom is 0.119 e. The van der Waals surface area contributed by atoms with Crippen molar-refractivity contribution in [3.05, 3.63) is 30.3 Å². The molecule has 1 saturated heterocycles. The first-order chi connectivity index (χ1) is 8.88. The summed E-state index contributed by atoms with van der Waals surface area (Å²) in [5.74, 6) is 1.78. The van der Waals surface area contributed by atoms with Gasteiger partial charge < -0.3 is 10.1 Å². The van der Waals surface area contributed by atoms with Crippen LogP contribution in [-0.4, -0.2) is 44.7 Å². The molecule has 0 radical (unpaired) electrons. The van der Waals surface area contributed by atoms with E-state index in [4.69, 9.17) is 4.74 Å². The fraction of sp³-hybridized carbons (Fsp3) is 0.600. The van der Waals surface area contributed by atoms with Gasteiger partial charge in [-0.25, -0.2) is 0 Å². The van der Waals surface area contributed by atoms with Crippen LogP contribution in [0.4, 0.5) is 0 Å². The van der Waals surface area contributed by atoms with Gasteiger partial charge in [-0.3, -0.25) is 4.90 Å². The number of piperidine rings is 1. The lowest BCUT2D eigenvalue weighted by atomic mass is 9.98. The molecule has 1 fully saturated rings. The highest BCUT2D eigenvalue weighted by atomic mass is 35.5. The molecule has 0 amide bonds. The normalized spacial score (nSPS) is 19.7. The van der Waals surface area contributed by atoms with E-state index in [9.17, 15) is 0 Å². The molecule has 1 aromatic carbocycles. The number of hydrogen-bond donors (Lipinski definition) is 1. The van der Waals surface area contributed by atoms with Crippen LogP contribution in [-0.2, 0) is 0 Å². The predicted octanol–water partition coefficient (Wildman–Crippen LogP) is 2.42. The summed E-state index contributed by atoms with van der Waals surface area (Å²) in [6.45, 7) is 5.39. The van der Waals surface area contributed by atoms with E-state index in [0.29, 0.717) is 0 Å². The van der Waals surface area contributed by atoms with Crippen molar-refractivity contribution >= 4 is 12.4 Å². The summed E-state index contributed by atoms with van der Waals surface area (Å²) in [5.41, 5.74) is 0. The van der Waals surface area contributed by atoms with Gasteiger partial charge in [0.2, 0.25) is 0 Å². The van der Waals surface area contributed by atoms with E-state index >= 15 is 0 Å². The quantitative estimate of drug-likeness (QED) is 0.868. The molecule has 0 aromatic heterocycles. The molecule has 0 saturated carbocycles. The third-order valence-corrected chi connectivity index (χ3v) is 3.52. The van der Waals surface area contributed by atoms with Crippen LogP contribution >= 0.6 is 12.4 Å². The molecule has 19 heavy (non-hydrogen) atoms. The summed E-state index contributed by atoms with van der Waals surface area (Å²) in [5, 5.41) is 3.28. The lowest BCUT2D eigenvalue weighted by molar-refractivity contribution is 0.146. The highest BCUT2D eigenvalue weighted by molar-refractivity contribution is 5.85. The van der Waals surface area contributed by atoms with E-state index in [0.717, 1.165) is 31.4 Å². The number of ether oxygens (including phenoxy) is 1. The summed E-state index contributed by atoms with van der Waals surface area (Å²) in [6.07, 6.45) is 2.68. The van der Waals surface area contributed by atoms with Crippen molar-refractivity contribution in [3.63, 3.8) is 0 Å². The molecule has 1 unspecified atom stereocenters. The van der Waals surface area contributed by atoms with Gasteiger partial charge in [0, 0.05) is 13.1 Å². The predicted molar refractivity (Wildman–Crippen MR) is 82.3 cm³/mol. The number of rotatable bonds is 6. The van der Waals surface area contributed by atoms with Crippen LogP contribution in [0.25, 0.3) is 0 Å². The Morgan fingerprint density at radius 2 is 2.11 bits per heavy atom. The van der Waals surface area contributed by atoms with E-state index < -0.39 is 0 Å². The van der Waals surface area contributed by atoms with Gasteiger partial charge in [-0.1, -0.05) is 18.2 Å². The molecule has 1 heterocycles. The minimum atomic E-state index is 0. The van der Waals surface area contributed by atoms with E-state index in [1.165, 1.54) is 25.9 Å². The van der Waals surface area contributed by atoms with Gasteiger partial charge in [0.15, 0.2) is 0 Å². The monoisotopic (exact) mass is 284 g/mol. The third-order valence-electron chi connectivity index (χ3n) is 3.52. The second kappa shape index (κ2) is 9.18. The molecule has 0 bridgehead atoms. The second-order valence-corrected chi connectivity index (χ2v) is 5.03. The van der Waals surface area contributed by atoms with E-state index in [1.54, 1.807) is 0 Å². The van der Waals surface area contributed by atoms with Crippen molar-refractivity contribution < 1.29 is 4.74 Å². The number of halogens is 1. The van der Waals surface area contributed by atoms with Gasteiger partial charge in [0.05, 0.1) is 0 Å². The molecule has 3 nitrogen and oxygen atoms in total. The first-order valence-electron chi connectivity index (χ1n) is 6.93. The maximum absolute atomic E-state index is 5.75. The minimum absolute atomic E-state index is 0. The van der Waals surface area contributed by atoms with Crippen LogP contribution in [0.5, 0.6) is 5.75 Å². The van der Waals surface area contributed by atoms with Crippen molar-refractivity contribution in [2.75, 3.05) is 39.8 Å². The van der Waals surface area contributed by atoms with Crippen molar-refractivity contribution in [2.24, 2.45) is 5.92 Å². The van der Waals surface area contributed by atoms with E-state index in [2.05, 4.69) is 10.2 Å². The average Bonchev–Trinajstić information content (AvgIpc) is 2.41. The molecule has 1 aliphatic rings. The molecule has 0 aliphatic carbocycles. The smallest absolute Gasteiger partial charge is 0.119 e. The largest absolute Gasteiger partial charge is 0.492 e. The zero-order valence-electron chi connectivity index (χ0n) is 11.7. The Morgan fingerprint density at radius 1 is 1.32 bits per heavy atom. The van der Waals surface area contributed by atoms with Crippen molar-refractivity contribution in [1.29, 1.82) is 0 Å². The summed E-state index contributed by atoms with van der Waals surface area (Å²) < 4.78 is 5.75. The molecule has 1 atom stereocenters. The van der Waals surface area contributed by atoms with Crippen LogP contribution in [0.1, 0.15) is 12.8 Å². The molecule has 1 aromatic rings. The number of benzene rings is 1. The minimum Gasteiger partial charge on any atom is -0.492 e. The Hall–Kier alpha value is -0.770. The zero-order chi connectivity index (χ0) is 12.6. The zero-order valence-corrected chi connectivity index (χ0v) is 12.5. The molecule has 1 N–H and O–H groups in total. The van der Waals surface area contributed by atoms with Gasteiger partial charge >= 0.3 is 0 Å². The van der Waals surface area contributed by atoms with Crippen LogP contribution in [0, 0.1) is 5.92 Å². The summed E-state index contributed by atoms with van der Waals surface area (Å²) in [7, 11) is 2.04. The number of hydrogen-bond acceptors (Lipinski definition) is 3. The van der Waals surface area contributed by atoms with Crippen LogP contribution in [0.2, 0.25) is 0 Å². The van der Waals surface area contributed by atoms with Crippen LogP contribution < -0.4 is 10.1 Å². The molecule has 4 heteroatoms. The topological polar surface area (TPSA) is 24.5 Å². The molecule has 1 aliphatic heterocycles. The Balaban J connectivity index is 0.00000180. The Bertz CT molecular complexity index is 332. The Labute approximate surface area is 122 Å². The molecular weight excluding hydrogens is 260 g/mol. The lowest BCUT2D eigenvalue weighted by Crippen LogP contribution is -2.40. The SMILES string of the molecule is CNCC1CCCN(CCOc2ccccc2)C1.Cl. The van der Waals surface area contributed by atoms with Gasteiger partial charge in [-0.2, -0.15) is 0 Å².